The number of fused-ring (bicyclic) bond motifs is 2. The fraction of sp³-hybridized carbons (Fsp3) is 0.706. The molecule has 2 fully saturated rings. The number of allylic oxidation sites excluding steroid dienone is 1. The van der Waals surface area contributed by atoms with Crippen LogP contribution in [-0.4, -0.2) is 35.7 Å². The van der Waals surface area contributed by atoms with E-state index in [9.17, 15) is 14.4 Å². The third-order valence-corrected chi connectivity index (χ3v) is 4.91. The summed E-state index contributed by atoms with van der Waals surface area (Å²) in [4.78, 5) is 35.8. The van der Waals surface area contributed by atoms with Gasteiger partial charge in [0.25, 0.3) is 0 Å². The Morgan fingerprint density at radius 1 is 1.35 bits per heavy atom. The molecule has 1 saturated carbocycles. The van der Waals surface area contributed by atoms with Crippen molar-refractivity contribution in [1.29, 1.82) is 0 Å². The maximum Gasteiger partial charge on any atom is 0.310 e. The van der Waals surface area contributed by atoms with Gasteiger partial charge in [-0.25, -0.2) is 0 Å². The molecule has 0 aromatic rings. The second-order valence-electron chi connectivity index (χ2n) is 6.84. The van der Waals surface area contributed by atoms with Gasteiger partial charge >= 0.3 is 17.9 Å². The molecule has 3 rings (SSSR count). The van der Waals surface area contributed by atoms with Crippen LogP contribution in [0.3, 0.4) is 0 Å². The second-order valence-corrected chi connectivity index (χ2v) is 6.84. The van der Waals surface area contributed by atoms with Crippen molar-refractivity contribution in [3.63, 3.8) is 0 Å². The number of carbonyl (C=O) groups is 3. The molecular formula is C17H22O6. The van der Waals surface area contributed by atoms with Gasteiger partial charge in [-0.3, -0.25) is 14.4 Å². The van der Waals surface area contributed by atoms with Crippen molar-refractivity contribution in [2.24, 2.45) is 11.8 Å². The van der Waals surface area contributed by atoms with Crippen molar-refractivity contribution in [3.8, 4) is 0 Å². The summed E-state index contributed by atoms with van der Waals surface area (Å²) < 4.78 is 16.2. The van der Waals surface area contributed by atoms with Crippen molar-refractivity contribution >= 4 is 17.9 Å². The molecule has 1 heterocycles. The fourth-order valence-electron chi connectivity index (χ4n) is 3.73. The quantitative estimate of drug-likeness (QED) is 0.449. The van der Waals surface area contributed by atoms with Crippen LogP contribution in [0.4, 0.5) is 0 Å². The van der Waals surface area contributed by atoms with Crippen molar-refractivity contribution in [2.45, 2.75) is 63.8 Å². The molecule has 6 nitrogen and oxygen atoms in total. The van der Waals surface area contributed by atoms with Crippen molar-refractivity contribution < 1.29 is 28.6 Å². The summed E-state index contributed by atoms with van der Waals surface area (Å²) >= 11 is 0. The van der Waals surface area contributed by atoms with Gasteiger partial charge < -0.3 is 14.2 Å². The van der Waals surface area contributed by atoms with Gasteiger partial charge in [-0.1, -0.05) is 6.08 Å². The summed E-state index contributed by atoms with van der Waals surface area (Å²) in [7, 11) is 0. The third kappa shape index (κ3) is 3.26. The number of rotatable bonds is 3. The van der Waals surface area contributed by atoms with Crippen LogP contribution >= 0.6 is 0 Å². The average Bonchev–Trinajstić information content (AvgIpc) is 2.79. The van der Waals surface area contributed by atoms with Gasteiger partial charge in [-0.15, -0.1) is 0 Å². The Morgan fingerprint density at radius 2 is 2.13 bits per heavy atom. The number of hydrogen-bond donors (Lipinski definition) is 0. The summed E-state index contributed by atoms with van der Waals surface area (Å²) in [6, 6.07) is 0. The summed E-state index contributed by atoms with van der Waals surface area (Å²) in [5, 5.41) is 0. The third-order valence-electron chi connectivity index (χ3n) is 4.91. The first kappa shape index (κ1) is 16.0. The molecule has 0 amide bonds. The molecule has 23 heavy (non-hydrogen) atoms. The Balaban J connectivity index is 1.73. The zero-order valence-electron chi connectivity index (χ0n) is 13.4. The summed E-state index contributed by atoms with van der Waals surface area (Å²) in [6.07, 6.45) is 6.33. The normalized spacial score (nSPS) is 38.8. The average molecular weight is 322 g/mol. The van der Waals surface area contributed by atoms with Crippen LogP contribution in [0.5, 0.6) is 0 Å². The van der Waals surface area contributed by atoms with E-state index in [0.717, 1.165) is 19.3 Å². The van der Waals surface area contributed by atoms with E-state index in [-0.39, 0.29) is 6.42 Å². The molecule has 2 aliphatic carbocycles. The largest absolute Gasteiger partial charge is 0.459 e. The predicted octanol–water partition coefficient (Wildman–Crippen LogP) is 1.91. The van der Waals surface area contributed by atoms with Crippen LogP contribution in [-0.2, 0) is 28.6 Å². The zero-order chi connectivity index (χ0) is 16.6. The number of ether oxygens (including phenoxy) is 3. The molecule has 0 aromatic carbocycles. The molecule has 6 heteroatoms. The molecule has 0 N–H and O–H groups in total. The Bertz CT molecular complexity index is 553. The number of hydrogen-bond acceptors (Lipinski definition) is 6. The van der Waals surface area contributed by atoms with Gasteiger partial charge in [0.15, 0.2) is 0 Å². The van der Waals surface area contributed by atoms with Crippen LogP contribution in [0.2, 0.25) is 0 Å². The zero-order valence-corrected chi connectivity index (χ0v) is 13.4. The first-order valence-electron chi connectivity index (χ1n) is 8.16. The highest BCUT2D eigenvalue weighted by Crippen LogP contribution is 2.41. The standard InChI is InChI=1S/C17H22O6/c1-10(18)21-13-9-12(11-8-14(13)22-15(11)19)16(20)23-17(2)6-4-3-5-7-17/h4,6,11-14H,3,5,7-9H2,1-2H3. The molecule has 1 saturated heterocycles. The molecule has 0 spiro atoms. The lowest BCUT2D eigenvalue weighted by molar-refractivity contribution is -0.168. The Morgan fingerprint density at radius 3 is 2.78 bits per heavy atom. The van der Waals surface area contributed by atoms with Crippen molar-refractivity contribution in [1.82, 2.24) is 0 Å². The molecule has 0 radical (unpaired) electrons. The lowest BCUT2D eigenvalue weighted by Crippen LogP contribution is -2.43. The number of carbonyl (C=O) groups excluding carboxylic acids is 3. The maximum absolute atomic E-state index is 12.6. The predicted molar refractivity (Wildman–Crippen MR) is 79.1 cm³/mol. The molecular weight excluding hydrogens is 300 g/mol. The van der Waals surface area contributed by atoms with Gasteiger partial charge in [-0.05, 0) is 32.3 Å². The molecule has 1 aliphatic heterocycles. The van der Waals surface area contributed by atoms with E-state index in [1.807, 2.05) is 19.1 Å². The van der Waals surface area contributed by atoms with E-state index in [0.29, 0.717) is 6.42 Å². The maximum atomic E-state index is 12.6. The topological polar surface area (TPSA) is 78.9 Å². The first-order valence-corrected chi connectivity index (χ1v) is 8.16. The molecule has 3 aliphatic rings. The van der Waals surface area contributed by atoms with Crippen molar-refractivity contribution in [2.75, 3.05) is 0 Å². The summed E-state index contributed by atoms with van der Waals surface area (Å²) in [5.41, 5.74) is -0.619. The fourth-order valence-corrected chi connectivity index (χ4v) is 3.73. The Kier molecular flexibility index (Phi) is 4.17. The minimum atomic E-state index is -0.619. The van der Waals surface area contributed by atoms with Gasteiger partial charge in [-0.2, -0.15) is 0 Å². The monoisotopic (exact) mass is 322 g/mol. The van der Waals surface area contributed by atoms with Gasteiger partial charge in [0.1, 0.15) is 17.8 Å². The van der Waals surface area contributed by atoms with Gasteiger partial charge in [0.05, 0.1) is 11.8 Å². The summed E-state index contributed by atoms with van der Waals surface area (Å²) in [5.74, 6) is -2.34. The molecule has 5 unspecified atom stereocenters. The first-order chi connectivity index (χ1) is 10.9. The van der Waals surface area contributed by atoms with Crippen LogP contribution in [0, 0.1) is 11.8 Å². The van der Waals surface area contributed by atoms with E-state index >= 15 is 0 Å². The van der Waals surface area contributed by atoms with E-state index in [1.54, 1.807) is 0 Å². The minimum absolute atomic E-state index is 0.277. The molecule has 2 bridgehead atoms. The van der Waals surface area contributed by atoms with Gasteiger partial charge in [0.2, 0.25) is 0 Å². The Labute approximate surface area is 135 Å². The lowest BCUT2D eigenvalue weighted by Gasteiger charge is -2.34. The van der Waals surface area contributed by atoms with Gasteiger partial charge in [0, 0.05) is 19.8 Å². The minimum Gasteiger partial charge on any atom is -0.459 e. The number of esters is 3. The SMILES string of the molecule is CC(=O)OC1CC(C(=O)OC2(C)C=CCCC2)C2CC1OC2=O. The van der Waals surface area contributed by atoms with Crippen molar-refractivity contribution in [3.05, 3.63) is 12.2 Å². The van der Waals surface area contributed by atoms with E-state index < -0.39 is 47.6 Å². The molecule has 0 aromatic heterocycles. The highest BCUT2D eigenvalue weighted by atomic mass is 16.6. The lowest BCUT2D eigenvalue weighted by atomic mass is 9.78. The molecule has 5 atom stereocenters. The summed E-state index contributed by atoms with van der Waals surface area (Å²) in [6.45, 7) is 3.19. The van der Waals surface area contributed by atoms with Crippen LogP contribution in [0.1, 0.15) is 46.0 Å². The van der Waals surface area contributed by atoms with Crippen LogP contribution in [0.25, 0.3) is 0 Å². The highest BCUT2D eigenvalue weighted by Gasteiger charge is 2.53. The second kappa shape index (κ2) is 5.98. The van der Waals surface area contributed by atoms with E-state index in [1.165, 1.54) is 6.92 Å². The van der Waals surface area contributed by atoms with E-state index in [4.69, 9.17) is 14.2 Å². The highest BCUT2D eigenvalue weighted by molar-refractivity contribution is 5.84. The smallest absolute Gasteiger partial charge is 0.310 e. The Hall–Kier alpha value is -1.85. The van der Waals surface area contributed by atoms with Crippen LogP contribution < -0.4 is 0 Å². The van der Waals surface area contributed by atoms with E-state index in [2.05, 4.69) is 0 Å². The molecule has 126 valence electrons. The van der Waals surface area contributed by atoms with Crippen LogP contribution in [0.15, 0.2) is 12.2 Å².